The molecule has 0 aliphatic rings. The highest BCUT2D eigenvalue weighted by Gasteiger charge is 2.04. The zero-order valence-corrected chi connectivity index (χ0v) is 13.1. The lowest BCUT2D eigenvalue weighted by Crippen LogP contribution is -2.01. The Morgan fingerprint density at radius 1 is 1.19 bits per heavy atom. The number of aromatic nitrogens is 1. The Bertz CT molecular complexity index is 802. The van der Waals surface area contributed by atoms with Gasteiger partial charge in [0.05, 0.1) is 11.2 Å². The van der Waals surface area contributed by atoms with Crippen LogP contribution in [0.1, 0.15) is 11.1 Å². The maximum atomic E-state index is 13.3. The van der Waals surface area contributed by atoms with E-state index in [1.54, 1.807) is 19.2 Å². The van der Waals surface area contributed by atoms with Gasteiger partial charge in [-0.1, -0.05) is 24.3 Å². The van der Waals surface area contributed by atoms with Crippen LogP contribution in [0.3, 0.4) is 0 Å². The zero-order valence-electron chi connectivity index (χ0n) is 11.5. The standard InChI is InChI=1S/C17H14BrFN2/c1-11-7-12(5-6-15(11)19)9-20-16-4-2-3-13-8-14(18)10-21-17(13)16/h2-8,10,20H,9H2,1H3. The molecule has 0 saturated carbocycles. The molecule has 1 N–H and O–H groups in total. The van der Waals surface area contributed by atoms with Gasteiger partial charge in [0.1, 0.15) is 5.82 Å². The Labute approximate surface area is 131 Å². The average Bonchev–Trinajstić information content (AvgIpc) is 2.48. The topological polar surface area (TPSA) is 24.9 Å². The lowest BCUT2D eigenvalue weighted by molar-refractivity contribution is 0.617. The molecule has 0 radical (unpaired) electrons. The van der Waals surface area contributed by atoms with Crippen molar-refractivity contribution in [1.82, 2.24) is 4.98 Å². The van der Waals surface area contributed by atoms with Gasteiger partial charge in [0.2, 0.25) is 0 Å². The fourth-order valence-corrected chi connectivity index (χ4v) is 2.64. The first-order valence-corrected chi connectivity index (χ1v) is 7.46. The first kappa shape index (κ1) is 14.0. The van der Waals surface area contributed by atoms with Gasteiger partial charge in [-0.25, -0.2) is 4.39 Å². The van der Waals surface area contributed by atoms with Crippen LogP contribution in [0, 0.1) is 12.7 Å². The summed E-state index contributed by atoms with van der Waals surface area (Å²) < 4.78 is 14.2. The van der Waals surface area contributed by atoms with Gasteiger partial charge >= 0.3 is 0 Å². The third kappa shape index (κ3) is 3.05. The van der Waals surface area contributed by atoms with Crippen LogP contribution in [0.15, 0.2) is 53.1 Å². The summed E-state index contributed by atoms with van der Waals surface area (Å²) in [7, 11) is 0. The predicted molar refractivity (Wildman–Crippen MR) is 87.9 cm³/mol. The van der Waals surface area contributed by atoms with Crippen molar-refractivity contribution in [3.8, 4) is 0 Å². The van der Waals surface area contributed by atoms with Gasteiger partial charge in [-0.05, 0) is 52.2 Å². The van der Waals surface area contributed by atoms with E-state index in [9.17, 15) is 4.39 Å². The van der Waals surface area contributed by atoms with Crippen molar-refractivity contribution >= 4 is 32.5 Å². The monoisotopic (exact) mass is 344 g/mol. The number of anilines is 1. The van der Waals surface area contributed by atoms with E-state index < -0.39 is 0 Å². The molecule has 2 nitrogen and oxygen atoms in total. The van der Waals surface area contributed by atoms with Gasteiger partial charge in [0.15, 0.2) is 0 Å². The molecule has 21 heavy (non-hydrogen) atoms. The molecule has 2 aromatic carbocycles. The fraction of sp³-hybridized carbons (Fsp3) is 0.118. The van der Waals surface area contributed by atoms with Gasteiger partial charge in [-0.15, -0.1) is 0 Å². The number of para-hydroxylation sites is 1. The second-order valence-electron chi connectivity index (χ2n) is 4.97. The lowest BCUT2D eigenvalue weighted by atomic mass is 10.1. The molecule has 0 amide bonds. The highest BCUT2D eigenvalue weighted by molar-refractivity contribution is 9.10. The second-order valence-corrected chi connectivity index (χ2v) is 5.88. The zero-order chi connectivity index (χ0) is 14.8. The van der Waals surface area contributed by atoms with E-state index in [-0.39, 0.29) is 5.82 Å². The van der Waals surface area contributed by atoms with Gasteiger partial charge in [0, 0.05) is 22.6 Å². The summed E-state index contributed by atoms with van der Waals surface area (Å²) in [5, 5.41) is 4.44. The molecular weight excluding hydrogens is 331 g/mol. The van der Waals surface area contributed by atoms with E-state index in [2.05, 4.69) is 26.2 Å². The molecule has 0 aliphatic heterocycles. The first-order valence-electron chi connectivity index (χ1n) is 6.66. The number of fused-ring (bicyclic) bond motifs is 1. The number of rotatable bonds is 3. The molecule has 0 unspecified atom stereocenters. The number of aryl methyl sites for hydroxylation is 1. The predicted octanol–water partition coefficient (Wildman–Crippen LogP) is 5.06. The third-order valence-corrected chi connectivity index (χ3v) is 3.82. The Kier molecular flexibility index (Phi) is 3.88. The van der Waals surface area contributed by atoms with Crippen molar-refractivity contribution in [3.63, 3.8) is 0 Å². The third-order valence-electron chi connectivity index (χ3n) is 3.38. The summed E-state index contributed by atoms with van der Waals surface area (Å²) in [6.07, 6.45) is 1.79. The molecule has 0 atom stereocenters. The highest BCUT2D eigenvalue weighted by atomic mass is 79.9. The van der Waals surface area contributed by atoms with E-state index in [1.807, 2.05) is 30.3 Å². The molecule has 4 heteroatoms. The minimum Gasteiger partial charge on any atom is -0.379 e. The van der Waals surface area contributed by atoms with Crippen molar-refractivity contribution in [2.75, 3.05) is 5.32 Å². The summed E-state index contributed by atoms with van der Waals surface area (Å²) in [6, 6.07) is 13.2. The van der Waals surface area contributed by atoms with E-state index in [0.29, 0.717) is 12.1 Å². The van der Waals surface area contributed by atoms with Crippen LogP contribution in [-0.4, -0.2) is 4.98 Å². The molecular formula is C17H14BrFN2. The highest BCUT2D eigenvalue weighted by Crippen LogP contribution is 2.24. The smallest absolute Gasteiger partial charge is 0.126 e. The van der Waals surface area contributed by atoms with Gasteiger partial charge in [0.25, 0.3) is 0 Å². The Morgan fingerprint density at radius 3 is 2.86 bits per heavy atom. The molecule has 1 heterocycles. The van der Waals surface area contributed by atoms with Gasteiger partial charge in [-0.2, -0.15) is 0 Å². The summed E-state index contributed by atoms with van der Waals surface area (Å²) in [4.78, 5) is 4.46. The number of benzene rings is 2. The van der Waals surface area contributed by atoms with Crippen LogP contribution in [0.2, 0.25) is 0 Å². The van der Waals surface area contributed by atoms with Crippen LogP contribution in [0.4, 0.5) is 10.1 Å². The molecule has 3 aromatic rings. The number of nitrogens with zero attached hydrogens (tertiary/aromatic N) is 1. The number of halogens is 2. The van der Waals surface area contributed by atoms with Crippen LogP contribution in [0.25, 0.3) is 10.9 Å². The quantitative estimate of drug-likeness (QED) is 0.718. The number of pyridine rings is 1. The lowest BCUT2D eigenvalue weighted by Gasteiger charge is -2.10. The maximum absolute atomic E-state index is 13.3. The van der Waals surface area contributed by atoms with Crippen molar-refractivity contribution in [2.24, 2.45) is 0 Å². The summed E-state index contributed by atoms with van der Waals surface area (Å²) in [5.74, 6) is -0.171. The van der Waals surface area contributed by atoms with Crippen molar-refractivity contribution in [3.05, 3.63) is 70.1 Å². The van der Waals surface area contributed by atoms with E-state index >= 15 is 0 Å². The summed E-state index contributed by atoms with van der Waals surface area (Å²) in [6.45, 7) is 2.41. The summed E-state index contributed by atoms with van der Waals surface area (Å²) in [5.41, 5.74) is 3.61. The largest absolute Gasteiger partial charge is 0.379 e. The number of hydrogen-bond donors (Lipinski definition) is 1. The first-order chi connectivity index (χ1) is 10.1. The van der Waals surface area contributed by atoms with E-state index in [4.69, 9.17) is 0 Å². The minimum absolute atomic E-state index is 0.171. The van der Waals surface area contributed by atoms with Crippen LogP contribution >= 0.6 is 15.9 Å². The Hall–Kier alpha value is -1.94. The maximum Gasteiger partial charge on any atom is 0.126 e. The van der Waals surface area contributed by atoms with Gasteiger partial charge < -0.3 is 5.32 Å². The van der Waals surface area contributed by atoms with Crippen molar-refractivity contribution in [1.29, 1.82) is 0 Å². The number of nitrogens with one attached hydrogen (secondary N) is 1. The molecule has 0 spiro atoms. The van der Waals surface area contributed by atoms with E-state index in [1.165, 1.54) is 6.07 Å². The van der Waals surface area contributed by atoms with Crippen molar-refractivity contribution in [2.45, 2.75) is 13.5 Å². The molecule has 0 bridgehead atoms. The molecule has 106 valence electrons. The Morgan fingerprint density at radius 2 is 2.05 bits per heavy atom. The summed E-state index contributed by atoms with van der Waals surface area (Å²) >= 11 is 3.43. The minimum atomic E-state index is -0.171. The second kappa shape index (κ2) is 5.82. The van der Waals surface area contributed by atoms with Gasteiger partial charge in [-0.3, -0.25) is 4.98 Å². The van der Waals surface area contributed by atoms with Crippen LogP contribution in [-0.2, 0) is 6.54 Å². The molecule has 0 aliphatic carbocycles. The number of hydrogen-bond acceptors (Lipinski definition) is 2. The fourth-order valence-electron chi connectivity index (χ4n) is 2.29. The average molecular weight is 345 g/mol. The Balaban J connectivity index is 1.86. The van der Waals surface area contributed by atoms with Crippen LogP contribution in [0.5, 0.6) is 0 Å². The molecule has 0 saturated heterocycles. The molecule has 1 aromatic heterocycles. The SMILES string of the molecule is Cc1cc(CNc2cccc3cc(Br)cnc23)ccc1F. The van der Waals surface area contributed by atoms with Crippen molar-refractivity contribution < 1.29 is 4.39 Å². The van der Waals surface area contributed by atoms with E-state index in [0.717, 1.165) is 26.6 Å². The molecule has 3 rings (SSSR count). The van der Waals surface area contributed by atoms with Crippen LogP contribution < -0.4 is 5.32 Å². The molecule has 0 fully saturated rings. The normalized spacial score (nSPS) is 10.8.